The maximum Gasteiger partial charge on any atom is 0.253 e. The van der Waals surface area contributed by atoms with E-state index in [9.17, 15) is 4.79 Å². The first-order chi connectivity index (χ1) is 16.1. The molecule has 1 aliphatic rings. The normalized spacial score (nSPS) is 13.8. The molecule has 5 nitrogen and oxygen atoms in total. The Morgan fingerprint density at radius 2 is 1.76 bits per heavy atom. The Morgan fingerprint density at radius 3 is 2.48 bits per heavy atom. The molecule has 0 spiro atoms. The molecule has 1 heterocycles. The summed E-state index contributed by atoms with van der Waals surface area (Å²) >= 11 is 0. The molecule has 170 valence electrons. The van der Waals surface area contributed by atoms with E-state index in [1.54, 1.807) is 7.11 Å². The van der Waals surface area contributed by atoms with Crippen LogP contribution in [-0.4, -0.2) is 37.2 Å². The van der Waals surface area contributed by atoms with Crippen molar-refractivity contribution in [2.24, 2.45) is 4.99 Å². The van der Waals surface area contributed by atoms with E-state index in [2.05, 4.69) is 4.99 Å². The first-order valence-corrected chi connectivity index (χ1v) is 11.4. The van der Waals surface area contributed by atoms with E-state index in [0.717, 1.165) is 48.3 Å². The molecule has 1 saturated heterocycles. The molecule has 1 amide bonds. The zero-order valence-electron chi connectivity index (χ0n) is 19.3. The summed E-state index contributed by atoms with van der Waals surface area (Å²) in [5, 5.41) is 0. The average Bonchev–Trinajstić information content (AvgIpc) is 2.87. The van der Waals surface area contributed by atoms with Crippen LogP contribution in [-0.2, 0) is 6.61 Å². The Kier molecular flexibility index (Phi) is 7.40. The highest BCUT2D eigenvalue weighted by Gasteiger charge is 2.18. The van der Waals surface area contributed by atoms with E-state index < -0.39 is 0 Å². The number of piperidine rings is 1. The van der Waals surface area contributed by atoms with Crippen LogP contribution in [0, 0.1) is 6.92 Å². The minimum absolute atomic E-state index is 0.117. The molecule has 4 rings (SSSR count). The highest BCUT2D eigenvalue weighted by atomic mass is 16.5. The van der Waals surface area contributed by atoms with Crippen LogP contribution in [0.15, 0.2) is 71.7 Å². The summed E-state index contributed by atoms with van der Waals surface area (Å²) in [6, 6.07) is 21.5. The van der Waals surface area contributed by atoms with Crippen LogP contribution < -0.4 is 9.47 Å². The van der Waals surface area contributed by atoms with Crippen LogP contribution in [0.1, 0.15) is 46.3 Å². The summed E-state index contributed by atoms with van der Waals surface area (Å²) < 4.78 is 11.5. The average molecular weight is 443 g/mol. The molecule has 0 atom stereocenters. The van der Waals surface area contributed by atoms with E-state index in [1.165, 1.54) is 12.0 Å². The van der Waals surface area contributed by atoms with Crippen LogP contribution in [0.4, 0.5) is 5.69 Å². The highest BCUT2D eigenvalue weighted by Crippen LogP contribution is 2.29. The number of likely N-dealkylation sites (tertiary alicyclic amines) is 1. The lowest BCUT2D eigenvalue weighted by Crippen LogP contribution is -2.35. The molecule has 0 radical (unpaired) electrons. The molecule has 0 unspecified atom stereocenters. The molecule has 0 aromatic heterocycles. The molecule has 5 heteroatoms. The van der Waals surface area contributed by atoms with Crippen molar-refractivity contribution in [2.45, 2.75) is 32.8 Å². The molecule has 33 heavy (non-hydrogen) atoms. The molecule has 0 bridgehead atoms. The van der Waals surface area contributed by atoms with E-state index in [1.807, 2.05) is 84.8 Å². The van der Waals surface area contributed by atoms with Crippen molar-refractivity contribution in [2.75, 3.05) is 20.2 Å². The predicted octanol–water partition coefficient (Wildman–Crippen LogP) is 5.96. The first-order valence-electron chi connectivity index (χ1n) is 11.4. The second-order valence-corrected chi connectivity index (χ2v) is 8.35. The van der Waals surface area contributed by atoms with Crippen molar-refractivity contribution >= 4 is 17.8 Å². The maximum absolute atomic E-state index is 12.6. The Labute approximate surface area is 195 Å². The molecule has 0 saturated carbocycles. The van der Waals surface area contributed by atoms with Crippen LogP contribution in [0.2, 0.25) is 0 Å². The van der Waals surface area contributed by atoms with Gasteiger partial charge in [0.15, 0.2) is 11.5 Å². The van der Waals surface area contributed by atoms with Crippen LogP contribution in [0.3, 0.4) is 0 Å². The number of hydrogen-bond acceptors (Lipinski definition) is 4. The van der Waals surface area contributed by atoms with Gasteiger partial charge in [-0.3, -0.25) is 9.79 Å². The number of methoxy groups -OCH3 is 1. The van der Waals surface area contributed by atoms with Gasteiger partial charge in [-0.15, -0.1) is 0 Å². The van der Waals surface area contributed by atoms with Crippen LogP contribution >= 0.6 is 0 Å². The van der Waals surface area contributed by atoms with Gasteiger partial charge < -0.3 is 14.4 Å². The SMILES string of the molecule is COc1cc(C=Nc2cccc(C)c2)ccc1OCc1ccc(C(=O)N2CCCCC2)cc1. The van der Waals surface area contributed by atoms with Gasteiger partial charge >= 0.3 is 0 Å². The Balaban J connectivity index is 1.38. The van der Waals surface area contributed by atoms with Crippen molar-refractivity contribution in [1.82, 2.24) is 4.90 Å². The Morgan fingerprint density at radius 1 is 0.970 bits per heavy atom. The van der Waals surface area contributed by atoms with Crippen LogP contribution in [0.5, 0.6) is 11.5 Å². The fraction of sp³-hybridized carbons (Fsp3) is 0.286. The van der Waals surface area contributed by atoms with Crippen molar-refractivity contribution in [3.8, 4) is 11.5 Å². The van der Waals surface area contributed by atoms with Gasteiger partial charge in [0.1, 0.15) is 6.61 Å². The number of carbonyl (C=O) groups excluding carboxylic acids is 1. The summed E-state index contributed by atoms with van der Waals surface area (Å²) in [6.45, 7) is 4.16. The molecule has 3 aromatic rings. The molecule has 1 fully saturated rings. The summed E-state index contributed by atoms with van der Waals surface area (Å²) in [6.07, 6.45) is 5.22. The molecular weight excluding hydrogens is 412 g/mol. The standard InChI is InChI=1S/C28H30N2O3/c1-21-7-6-8-25(17-21)29-19-23-11-14-26(27(18-23)32-2)33-20-22-9-12-24(13-10-22)28(31)30-15-4-3-5-16-30/h6-14,17-19H,3-5,15-16,20H2,1-2H3. The van der Waals surface area contributed by atoms with Gasteiger partial charge in [0.2, 0.25) is 0 Å². The molecule has 0 aliphatic carbocycles. The second kappa shape index (κ2) is 10.8. The number of ether oxygens (including phenoxy) is 2. The number of carbonyl (C=O) groups is 1. The van der Waals surface area contributed by atoms with Crippen molar-refractivity contribution < 1.29 is 14.3 Å². The topological polar surface area (TPSA) is 51.1 Å². The lowest BCUT2D eigenvalue weighted by molar-refractivity contribution is 0.0724. The zero-order valence-corrected chi connectivity index (χ0v) is 19.3. The van der Waals surface area contributed by atoms with Crippen LogP contribution in [0.25, 0.3) is 0 Å². The molecule has 0 N–H and O–H groups in total. The van der Waals surface area contributed by atoms with Gasteiger partial charge in [0.25, 0.3) is 5.91 Å². The lowest BCUT2D eigenvalue weighted by Gasteiger charge is -2.26. The zero-order chi connectivity index (χ0) is 23.0. The summed E-state index contributed by atoms with van der Waals surface area (Å²) in [7, 11) is 1.63. The summed E-state index contributed by atoms with van der Waals surface area (Å²) in [5.41, 5.74) is 4.75. The largest absolute Gasteiger partial charge is 0.493 e. The van der Waals surface area contributed by atoms with Gasteiger partial charge in [-0.05, 0) is 85.3 Å². The Hall–Kier alpha value is -3.60. The lowest BCUT2D eigenvalue weighted by atomic mass is 10.1. The second-order valence-electron chi connectivity index (χ2n) is 8.35. The third-order valence-electron chi connectivity index (χ3n) is 5.79. The van der Waals surface area contributed by atoms with Crippen molar-refractivity contribution in [3.63, 3.8) is 0 Å². The number of aliphatic imine (C=N–C) groups is 1. The van der Waals surface area contributed by atoms with Crippen molar-refractivity contribution in [3.05, 3.63) is 89.0 Å². The summed E-state index contributed by atoms with van der Waals surface area (Å²) in [5.74, 6) is 1.44. The van der Waals surface area contributed by atoms with E-state index in [4.69, 9.17) is 9.47 Å². The van der Waals surface area contributed by atoms with Gasteiger partial charge in [-0.1, -0.05) is 24.3 Å². The maximum atomic E-state index is 12.6. The van der Waals surface area contributed by atoms with E-state index in [-0.39, 0.29) is 5.91 Å². The van der Waals surface area contributed by atoms with Gasteiger partial charge in [0, 0.05) is 24.9 Å². The third-order valence-corrected chi connectivity index (χ3v) is 5.79. The minimum atomic E-state index is 0.117. The number of nitrogens with zero attached hydrogens (tertiary/aromatic N) is 2. The number of aryl methyl sites for hydroxylation is 1. The quantitative estimate of drug-likeness (QED) is 0.424. The molecule has 1 aliphatic heterocycles. The third kappa shape index (κ3) is 6.01. The van der Waals surface area contributed by atoms with Gasteiger partial charge in [0.05, 0.1) is 12.8 Å². The van der Waals surface area contributed by atoms with E-state index >= 15 is 0 Å². The Bertz CT molecular complexity index is 1120. The van der Waals surface area contributed by atoms with Gasteiger partial charge in [-0.2, -0.15) is 0 Å². The fourth-order valence-electron chi connectivity index (χ4n) is 3.93. The smallest absolute Gasteiger partial charge is 0.253 e. The molecular formula is C28H30N2O3. The van der Waals surface area contributed by atoms with E-state index in [0.29, 0.717) is 18.1 Å². The number of benzene rings is 3. The molecule has 3 aromatic carbocycles. The highest BCUT2D eigenvalue weighted by molar-refractivity contribution is 5.94. The predicted molar refractivity (Wildman–Crippen MR) is 132 cm³/mol. The van der Waals surface area contributed by atoms with Gasteiger partial charge in [-0.25, -0.2) is 0 Å². The first kappa shape index (κ1) is 22.6. The van der Waals surface area contributed by atoms with Crippen molar-refractivity contribution in [1.29, 1.82) is 0 Å². The number of hydrogen-bond donors (Lipinski definition) is 0. The monoisotopic (exact) mass is 442 g/mol. The number of rotatable bonds is 7. The summed E-state index contributed by atoms with van der Waals surface area (Å²) in [4.78, 5) is 19.1. The minimum Gasteiger partial charge on any atom is -0.493 e. The fourth-order valence-corrected chi connectivity index (χ4v) is 3.93. The number of amides is 1.